The van der Waals surface area contributed by atoms with Crippen molar-refractivity contribution in [3.8, 4) is 5.75 Å². The van der Waals surface area contributed by atoms with Crippen molar-refractivity contribution < 1.29 is 14.6 Å². The molecule has 0 aliphatic rings. The number of hydrogen-bond donors (Lipinski definition) is 1. The van der Waals surface area contributed by atoms with E-state index >= 15 is 0 Å². The molecule has 1 aromatic rings. The Hall–Kier alpha value is -1.51. The maximum absolute atomic E-state index is 11.5. The van der Waals surface area contributed by atoms with Crippen molar-refractivity contribution in [2.75, 3.05) is 6.61 Å². The number of aryl methyl sites for hydroxylation is 1. The number of rotatable bonds is 8. The lowest BCUT2D eigenvalue weighted by Crippen LogP contribution is -2.11. The van der Waals surface area contributed by atoms with Crippen LogP contribution < -0.4 is 4.74 Å². The fraction of sp³-hybridized carbons (Fsp3) is 0.588. The first-order valence-corrected chi connectivity index (χ1v) is 7.64. The van der Waals surface area contributed by atoms with Crippen molar-refractivity contribution in [3.63, 3.8) is 0 Å². The first kappa shape index (κ1) is 16.5. The van der Waals surface area contributed by atoms with Crippen LogP contribution in [-0.2, 0) is 19.3 Å². The van der Waals surface area contributed by atoms with E-state index in [-0.39, 0.29) is 0 Å². The zero-order valence-electron chi connectivity index (χ0n) is 13.1. The summed E-state index contributed by atoms with van der Waals surface area (Å²) in [4.78, 5) is 11.5. The standard InChI is InChI=1S/C17H26O3/c1-5-9-10-20-16-14(8-4)13(7-3)12(6-2)11-15(16)17(18)19/h11H,5-10H2,1-4H3,(H,18,19). The summed E-state index contributed by atoms with van der Waals surface area (Å²) in [6, 6.07) is 1.79. The van der Waals surface area contributed by atoms with Crippen LogP contribution in [0.2, 0.25) is 0 Å². The van der Waals surface area contributed by atoms with Crippen molar-refractivity contribution in [2.45, 2.75) is 59.8 Å². The van der Waals surface area contributed by atoms with Crippen molar-refractivity contribution in [3.05, 3.63) is 28.3 Å². The fourth-order valence-corrected chi connectivity index (χ4v) is 2.59. The second-order valence-corrected chi connectivity index (χ2v) is 4.94. The molecule has 3 nitrogen and oxygen atoms in total. The summed E-state index contributed by atoms with van der Waals surface area (Å²) in [5.74, 6) is -0.314. The fourth-order valence-electron chi connectivity index (χ4n) is 2.59. The average molecular weight is 278 g/mol. The molecule has 1 aromatic carbocycles. The van der Waals surface area contributed by atoms with Gasteiger partial charge in [-0.1, -0.05) is 34.1 Å². The maximum atomic E-state index is 11.5. The number of carboxylic acids is 1. The van der Waals surface area contributed by atoms with Crippen LogP contribution in [0.4, 0.5) is 0 Å². The highest BCUT2D eigenvalue weighted by Gasteiger charge is 2.20. The highest BCUT2D eigenvalue weighted by atomic mass is 16.5. The van der Waals surface area contributed by atoms with E-state index in [1.807, 2.05) is 0 Å². The van der Waals surface area contributed by atoms with Crippen LogP contribution in [0.1, 0.15) is 67.6 Å². The Labute approximate surface area is 122 Å². The van der Waals surface area contributed by atoms with Gasteiger partial charge >= 0.3 is 5.97 Å². The molecule has 0 aliphatic heterocycles. The van der Waals surface area contributed by atoms with Gasteiger partial charge in [0.15, 0.2) is 0 Å². The third kappa shape index (κ3) is 3.53. The summed E-state index contributed by atoms with van der Waals surface area (Å²) in [5.41, 5.74) is 3.77. The molecule has 0 amide bonds. The third-order valence-electron chi connectivity index (χ3n) is 3.65. The van der Waals surface area contributed by atoms with E-state index in [1.54, 1.807) is 6.07 Å². The number of benzene rings is 1. The lowest BCUT2D eigenvalue weighted by Gasteiger charge is -2.19. The second kappa shape index (κ2) is 7.93. The van der Waals surface area contributed by atoms with Gasteiger partial charge in [-0.3, -0.25) is 0 Å². The molecular weight excluding hydrogens is 252 g/mol. The monoisotopic (exact) mass is 278 g/mol. The van der Waals surface area contributed by atoms with Gasteiger partial charge in [0, 0.05) is 0 Å². The Bertz CT molecular complexity index is 464. The van der Waals surface area contributed by atoms with Gasteiger partial charge in [0.05, 0.1) is 6.61 Å². The van der Waals surface area contributed by atoms with Gasteiger partial charge in [0.1, 0.15) is 11.3 Å². The van der Waals surface area contributed by atoms with E-state index in [1.165, 1.54) is 5.56 Å². The predicted octanol–water partition coefficient (Wildman–Crippen LogP) is 4.25. The molecule has 0 saturated heterocycles. The summed E-state index contributed by atoms with van der Waals surface area (Å²) in [6.45, 7) is 8.92. The van der Waals surface area contributed by atoms with Gasteiger partial charge in [0.2, 0.25) is 0 Å². The Morgan fingerprint density at radius 2 is 1.75 bits per heavy atom. The van der Waals surface area contributed by atoms with Crippen molar-refractivity contribution in [1.29, 1.82) is 0 Å². The van der Waals surface area contributed by atoms with Gasteiger partial charge in [0.25, 0.3) is 0 Å². The van der Waals surface area contributed by atoms with Crippen LogP contribution in [-0.4, -0.2) is 17.7 Å². The van der Waals surface area contributed by atoms with E-state index < -0.39 is 5.97 Å². The Morgan fingerprint density at radius 1 is 1.10 bits per heavy atom. The Morgan fingerprint density at radius 3 is 2.20 bits per heavy atom. The zero-order valence-corrected chi connectivity index (χ0v) is 13.1. The minimum Gasteiger partial charge on any atom is -0.492 e. The molecule has 0 atom stereocenters. The first-order chi connectivity index (χ1) is 9.60. The number of aromatic carboxylic acids is 1. The Kier molecular flexibility index (Phi) is 6.56. The number of ether oxygens (including phenoxy) is 1. The average Bonchev–Trinajstić information content (AvgIpc) is 2.45. The molecule has 20 heavy (non-hydrogen) atoms. The van der Waals surface area contributed by atoms with E-state index in [9.17, 15) is 9.90 Å². The summed E-state index contributed by atoms with van der Waals surface area (Å²) in [5, 5.41) is 9.45. The van der Waals surface area contributed by atoms with Crippen LogP contribution in [0, 0.1) is 0 Å². The van der Waals surface area contributed by atoms with E-state index in [4.69, 9.17) is 4.74 Å². The van der Waals surface area contributed by atoms with E-state index in [0.717, 1.165) is 43.2 Å². The van der Waals surface area contributed by atoms with Crippen molar-refractivity contribution >= 4 is 5.97 Å². The number of unbranched alkanes of at least 4 members (excludes halogenated alkanes) is 1. The maximum Gasteiger partial charge on any atom is 0.339 e. The summed E-state index contributed by atoms with van der Waals surface area (Å²) in [6.07, 6.45) is 4.55. The molecule has 0 aliphatic carbocycles. The second-order valence-electron chi connectivity index (χ2n) is 4.94. The van der Waals surface area contributed by atoms with Crippen LogP contribution >= 0.6 is 0 Å². The number of carboxylic acid groups (broad SMARTS) is 1. The molecule has 0 unspecified atom stereocenters. The quantitative estimate of drug-likeness (QED) is 0.723. The largest absolute Gasteiger partial charge is 0.492 e. The molecule has 0 aromatic heterocycles. The van der Waals surface area contributed by atoms with Gasteiger partial charge in [-0.05, 0) is 48.4 Å². The van der Waals surface area contributed by atoms with Crippen molar-refractivity contribution in [1.82, 2.24) is 0 Å². The lowest BCUT2D eigenvalue weighted by molar-refractivity contribution is 0.0691. The molecule has 0 saturated carbocycles. The normalized spacial score (nSPS) is 10.6. The van der Waals surface area contributed by atoms with E-state index in [0.29, 0.717) is 17.9 Å². The molecular formula is C17H26O3. The minimum atomic E-state index is -0.899. The smallest absolute Gasteiger partial charge is 0.339 e. The lowest BCUT2D eigenvalue weighted by atomic mass is 9.91. The molecule has 3 heteroatoms. The number of carbonyl (C=O) groups is 1. The molecule has 0 spiro atoms. The summed E-state index contributed by atoms with van der Waals surface area (Å²) >= 11 is 0. The minimum absolute atomic E-state index is 0.312. The Balaban J connectivity index is 3.37. The molecule has 1 rings (SSSR count). The number of hydrogen-bond acceptors (Lipinski definition) is 2. The van der Waals surface area contributed by atoms with Gasteiger partial charge in [-0.15, -0.1) is 0 Å². The van der Waals surface area contributed by atoms with Gasteiger partial charge < -0.3 is 9.84 Å². The molecule has 112 valence electrons. The zero-order chi connectivity index (χ0) is 15.1. The van der Waals surface area contributed by atoms with Crippen molar-refractivity contribution in [2.24, 2.45) is 0 Å². The van der Waals surface area contributed by atoms with Crippen LogP contribution in [0.25, 0.3) is 0 Å². The topological polar surface area (TPSA) is 46.5 Å². The highest BCUT2D eigenvalue weighted by molar-refractivity contribution is 5.92. The van der Waals surface area contributed by atoms with Crippen LogP contribution in [0.3, 0.4) is 0 Å². The molecule has 0 fully saturated rings. The summed E-state index contributed by atoms with van der Waals surface area (Å²) in [7, 11) is 0. The predicted molar refractivity (Wildman–Crippen MR) is 81.9 cm³/mol. The van der Waals surface area contributed by atoms with Crippen LogP contribution in [0.5, 0.6) is 5.75 Å². The molecule has 0 heterocycles. The summed E-state index contributed by atoms with van der Waals surface area (Å²) < 4.78 is 5.82. The van der Waals surface area contributed by atoms with Gasteiger partial charge in [-0.2, -0.15) is 0 Å². The van der Waals surface area contributed by atoms with Gasteiger partial charge in [-0.25, -0.2) is 4.79 Å². The van der Waals surface area contributed by atoms with Crippen LogP contribution in [0.15, 0.2) is 6.07 Å². The van der Waals surface area contributed by atoms with E-state index in [2.05, 4.69) is 27.7 Å². The third-order valence-corrected chi connectivity index (χ3v) is 3.65. The SMILES string of the molecule is CCCCOc1c(C(=O)O)cc(CC)c(CC)c1CC. The highest BCUT2D eigenvalue weighted by Crippen LogP contribution is 2.32. The molecule has 1 N–H and O–H groups in total. The molecule has 0 radical (unpaired) electrons. The molecule has 0 bridgehead atoms. The first-order valence-electron chi connectivity index (χ1n) is 7.64.